The van der Waals surface area contributed by atoms with E-state index in [9.17, 15) is 0 Å². The van der Waals surface area contributed by atoms with Crippen molar-refractivity contribution in [2.45, 2.75) is 19.4 Å². The fourth-order valence-electron chi connectivity index (χ4n) is 1.47. The van der Waals surface area contributed by atoms with Crippen molar-refractivity contribution in [3.8, 4) is 0 Å². The second-order valence-corrected chi connectivity index (χ2v) is 3.24. The van der Waals surface area contributed by atoms with Crippen LogP contribution in [0.4, 0.5) is 5.69 Å². The summed E-state index contributed by atoms with van der Waals surface area (Å²) in [5, 5.41) is 0. The van der Waals surface area contributed by atoms with Crippen LogP contribution >= 0.6 is 0 Å². The summed E-state index contributed by atoms with van der Waals surface area (Å²) in [4.78, 5) is 2.24. The minimum Gasteiger partial charge on any atom is -0.370 e. The molecule has 0 aliphatic heterocycles. The van der Waals surface area contributed by atoms with Crippen LogP contribution in [0.3, 0.4) is 0 Å². The zero-order valence-corrected chi connectivity index (χ0v) is 8.40. The molecule has 1 rings (SSSR count). The van der Waals surface area contributed by atoms with Gasteiger partial charge in [-0.15, -0.1) is 0 Å². The van der Waals surface area contributed by atoms with Crippen LogP contribution in [0, 0.1) is 0 Å². The van der Waals surface area contributed by atoms with Crippen LogP contribution in [0.15, 0.2) is 30.3 Å². The number of rotatable bonds is 4. The van der Waals surface area contributed by atoms with Gasteiger partial charge in [0, 0.05) is 25.3 Å². The Morgan fingerprint density at radius 3 is 2.38 bits per heavy atom. The van der Waals surface area contributed by atoms with Crippen LogP contribution in [-0.2, 0) is 0 Å². The van der Waals surface area contributed by atoms with E-state index in [4.69, 9.17) is 5.73 Å². The van der Waals surface area contributed by atoms with Crippen molar-refractivity contribution in [1.82, 2.24) is 0 Å². The molecule has 72 valence electrons. The lowest BCUT2D eigenvalue weighted by Gasteiger charge is -2.28. The van der Waals surface area contributed by atoms with Gasteiger partial charge in [0.05, 0.1) is 0 Å². The first-order chi connectivity index (χ1) is 6.29. The van der Waals surface area contributed by atoms with Crippen LogP contribution in [0.5, 0.6) is 0 Å². The highest BCUT2D eigenvalue weighted by Gasteiger charge is 2.09. The van der Waals surface area contributed by atoms with Gasteiger partial charge in [0.2, 0.25) is 0 Å². The normalized spacial score (nSPS) is 12.5. The van der Waals surface area contributed by atoms with E-state index in [2.05, 4.69) is 43.1 Å². The Balaban J connectivity index is 2.72. The molecule has 0 bridgehead atoms. The van der Waals surface area contributed by atoms with Crippen molar-refractivity contribution >= 4 is 5.69 Å². The van der Waals surface area contributed by atoms with E-state index in [1.54, 1.807) is 0 Å². The lowest BCUT2D eigenvalue weighted by Crippen LogP contribution is -2.37. The minimum atomic E-state index is 0.447. The highest BCUT2D eigenvalue weighted by molar-refractivity contribution is 5.46. The van der Waals surface area contributed by atoms with Crippen LogP contribution in [0.1, 0.15) is 13.3 Å². The van der Waals surface area contributed by atoms with Crippen LogP contribution in [-0.4, -0.2) is 19.6 Å². The summed E-state index contributed by atoms with van der Waals surface area (Å²) in [6.07, 6.45) is 1.09. The van der Waals surface area contributed by atoms with E-state index < -0.39 is 0 Å². The molecule has 0 aromatic heterocycles. The zero-order valence-electron chi connectivity index (χ0n) is 8.40. The molecule has 0 amide bonds. The van der Waals surface area contributed by atoms with Gasteiger partial charge in [-0.1, -0.05) is 25.1 Å². The van der Waals surface area contributed by atoms with E-state index in [-0.39, 0.29) is 0 Å². The van der Waals surface area contributed by atoms with Gasteiger partial charge < -0.3 is 10.6 Å². The molecule has 1 unspecified atom stereocenters. The van der Waals surface area contributed by atoms with E-state index in [1.807, 2.05) is 6.07 Å². The summed E-state index contributed by atoms with van der Waals surface area (Å²) >= 11 is 0. The molecule has 0 fully saturated rings. The molecule has 1 atom stereocenters. The maximum Gasteiger partial charge on any atom is 0.0406 e. The van der Waals surface area contributed by atoms with Crippen molar-refractivity contribution in [2.75, 3.05) is 18.5 Å². The molecule has 0 radical (unpaired) electrons. The fraction of sp³-hybridized carbons (Fsp3) is 0.455. The van der Waals surface area contributed by atoms with E-state index in [0.29, 0.717) is 12.6 Å². The van der Waals surface area contributed by atoms with E-state index >= 15 is 0 Å². The molecule has 0 spiro atoms. The fourth-order valence-corrected chi connectivity index (χ4v) is 1.47. The highest BCUT2D eigenvalue weighted by Crippen LogP contribution is 2.14. The van der Waals surface area contributed by atoms with Gasteiger partial charge in [-0.2, -0.15) is 0 Å². The molecule has 0 saturated heterocycles. The summed E-state index contributed by atoms with van der Waals surface area (Å²) in [7, 11) is 2.09. The largest absolute Gasteiger partial charge is 0.370 e. The topological polar surface area (TPSA) is 29.3 Å². The Morgan fingerprint density at radius 1 is 1.31 bits per heavy atom. The quantitative estimate of drug-likeness (QED) is 0.762. The Kier molecular flexibility index (Phi) is 3.77. The number of hydrogen-bond acceptors (Lipinski definition) is 2. The van der Waals surface area contributed by atoms with Gasteiger partial charge >= 0.3 is 0 Å². The Hall–Kier alpha value is -1.02. The molecule has 2 heteroatoms. The van der Waals surface area contributed by atoms with Gasteiger partial charge in [0.1, 0.15) is 0 Å². The van der Waals surface area contributed by atoms with Crippen LogP contribution in [0.25, 0.3) is 0 Å². The standard InChI is InChI=1S/C11H18N2/c1-3-10(9-12)13(2)11-7-5-4-6-8-11/h4-8,10H,3,9,12H2,1-2H3. The number of nitrogens with two attached hydrogens (primary N) is 1. The smallest absolute Gasteiger partial charge is 0.0406 e. The summed E-state index contributed by atoms with van der Waals surface area (Å²) in [6.45, 7) is 2.87. The summed E-state index contributed by atoms with van der Waals surface area (Å²) in [5.74, 6) is 0. The number of benzene rings is 1. The molecule has 1 aromatic rings. The summed E-state index contributed by atoms with van der Waals surface area (Å²) in [6, 6.07) is 10.8. The average Bonchev–Trinajstić information content (AvgIpc) is 2.21. The molecular weight excluding hydrogens is 160 g/mol. The third-order valence-electron chi connectivity index (χ3n) is 2.45. The zero-order chi connectivity index (χ0) is 9.68. The van der Waals surface area contributed by atoms with Gasteiger partial charge in [-0.3, -0.25) is 0 Å². The maximum atomic E-state index is 5.68. The Morgan fingerprint density at radius 2 is 1.92 bits per heavy atom. The second-order valence-electron chi connectivity index (χ2n) is 3.24. The maximum absolute atomic E-state index is 5.68. The SMILES string of the molecule is CCC(CN)N(C)c1ccccc1. The first kappa shape index (κ1) is 10.1. The van der Waals surface area contributed by atoms with Crippen LogP contribution in [0.2, 0.25) is 0 Å². The molecular formula is C11H18N2. The lowest BCUT2D eigenvalue weighted by atomic mass is 10.2. The second kappa shape index (κ2) is 4.87. The van der Waals surface area contributed by atoms with E-state index in [1.165, 1.54) is 5.69 Å². The third kappa shape index (κ3) is 2.46. The molecule has 0 aliphatic rings. The number of hydrogen-bond donors (Lipinski definition) is 1. The number of nitrogens with zero attached hydrogens (tertiary/aromatic N) is 1. The lowest BCUT2D eigenvalue weighted by molar-refractivity contribution is 0.619. The van der Waals surface area contributed by atoms with Crippen molar-refractivity contribution in [3.63, 3.8) is 0 Å². The molecule has 0 saturated carbocycles. The number of likely N-dealkylation sites (N-methyl/N-ethyl adjacent to an activating group) is 1. The van der Waals surface area contributed by atoms with Gasteiger partial charge in [0.25, 0.3) is 0 Å². The predicted molar refractivity (Wildman–Crippen MR) is 58.0 cm³/mol. The van der Waals surface area contributed by atoms with Crippen molar-refractivity contribution in [2.24, 2.45) is 5.73 Å². The van der Waals surface area contributed by atoms with Crippen molar-refractivity contribution in [1.29, 1.82) is 0 Å². The first-order valence-corrected chi connectivity index (χ1v) is 4.77. The van der Waals surface area contributed by atoms with Crippen molar-refractivity contribution < 1.29 is 0 Å². The summed E-state index contributed by atoms with van der Waals surface area (Å²) in [5.41, 5.74) is 6.92. The van der Waals surface area contributed by atoms with Crippen LogP contribution < -0.4 is 10.6 Å². The molecule has 2 nitrogen and oxygen atoms in total. The molecule has 0 aliphatic carbocycles. The molecule has 0 heterocycles. The average molecular weight is 178 g/mol. The Bertz CT molecular complexity index is 229. The third-order valence-corrected chi connectivity index (χ3v) is 2.45. The van der Waals surface area contributed by atoms with Crippen molar-refractivity contribution in [3.05, 3.63) is 30.3 Å². The first-order valence-electron chi connectivity index (χ1n) is 4.77. The highest BCUT2D eigenvalue weighted by atomic mass is 15.1. The van der Waals surface area contributed by atoms with Gasteiger partial charge in [-0.05, 0) is 18.6 Å². The predicted octanol–water partition coefficient (Wildman–Crippen LogP) is 1.86. The molecule has 2 N–H and O–H groups in total. The minimum absolute atomic E-state index is 0.447. The molecule has 1 aromatic carbocycles. The number of anilines is 1. The number of para-hydroxylation sites is 1. The Labute approximate surface area is 80.4 Å². The van der Waals surface area contributed by atoms with E-state index in [0.717, 1.165) is 6.42 Å². The monoisotopic (exact) mass is 178 g/mol. The summed E-state index contributed by atoms with van der Waals surface area (Å²) < 4.78 is 0. The van der Waals surface area contributed by atoms with Gasteiger partial charge in [0.15, 0.2) is 0 Å². The molecule has 13 heavy (non-hydrogen) atoms. The van der Waals surface area contributed by atoms with Gasteiger partial charge in [-0.25, -0.2) is 0 Å².